The highest BCUT2D eigenvalue weighted by atomic mass is 16.5. The van der Waals surface area contributed by atoms with Crippen molar-refractivity contribution in [1.82, 2.24) is 25.3 Å². The van der Waals surface area contributed by atoms with Gasteiger partial charge >= 0.3 is 0 Å². The van der Waals surface area contributed by atoms with Crippen LogP contribution in [0.3, 0.4) is 0 Å². The van der Waals surface area contributed by atoms with E-state index in [2.05, 4.69) is 25.3 Å². The number of aromatic nitrogens is 3. The number of amides is 1. The van der Waals surface area contributed by atoms with E-state index in [9.17, 15) is 4.79 Å². The fourth-order valence-electron chi connectivity index (χ4n) is 3.22. The minimum atomic E-state index is -0.252. The molecule has 4 rings (SSSR count). The maximum Gasteiger partial charge on any atom is 0.292 e. The second-order valence-corrected chi connectivity index (χ2v) is 6.73. The zero-order valence-electron chi connectivity index (χ0n) is 14.9. The van der Waals surface area contributed by atoms with Crippen LogP contribution in [0.5, 0.6) is 5.88 Å². The Morgan fingerprint density at radius 1 is 1.35 bits per heavy atom. The third kappa shape index (κ3) is 3.85. The second-order valence-electron chi connectivity index (χ2n) is 6.73. The summed E-state index contributed by atoms with van der Waals surface area (Å²) in [6.45, 7) is 4.14. The Morgan fingerprint density at radius 3 is 3.04 bits per heavy atom. The Balaban J connectivity index is 1.44. The molecule has 0 radical (unpaired) electrons. The Labute approximate surface area is 151 Å². The predicted octanol–water partition coefficient (Wildman–Crippen LogP) is 2.09. The zero-order valence-corrected chi connectivity index (χ0v) is 14.9. The van der Waals surface area contributed by atoms with Gasteiger partial charge in [-0.15, -0.1) is 0 Å². The van der Waals surface area contributed by atoms with E-state index in [0.29, 0.717) is 24.9 Å². The third-order valence-electron chi connectivity index (χ3n) is 4.64. The summed E-state index contributed by atoms with van der Waals surface area (Å²) in [5.74, 6) is 1.01. The van der Waals surface area contributed by atoms with Gasteiger partial charge in [0.15, 0.2) is 0 Å². The van der Waals surface area contributed by atoms with E-state index < -0.39 is 0 Å². The molecule has 1 aliphatic carbocycles. The average molecular weight is 357 g/mol. The normalized spacial score (nSPS) is 20.3. The Bertz CT molecular complexity index is 774. The number of likely N-dealkylation sites (tertiary alicyclic amines) is 1. The molecule has 8 nitrogen and oxygen atoms in total. The van der Waals surface area contributed by atoms with Gasteiger partial charge < -0.3 is 14.6 Å². The van der Waals surface area contributed by atoms with Crippen molar-refractivity contribution in [3.63, 3.8) is 0 Å². The van der Waals surface area contributed by atoms with Crippen LogP contribution in [0.25, 0.3) is 0 Å². The third-order valence-corrected chi connectivity index (χ3v) is 4.64. The lowest BCUT2D eigenvalue weighted by molar-refractivity contribution is 0.0937. The first-order valence-electron chi connectivity index (χ1n) is 9.20. The lowest BCUT2D eigenvalue weighted by atomic mass is 10.2. The van der Waals surface area contributed by atoms with Crippen LogP contribution in [-0.2, 0) is 6.54 Å². The van der Waals surface area contributed by atoms with Crippen LogP contribution in [0.15, 0.2) is 22.7 Å². The molecule has 0 spiro atoms. The molecule has 1 saturated heterocycles. The summed E-state index contributed by atoms with van der Waals surface area (Å²) < 4.78 is 10.9. The summed E-state index contributed by atoms with van der Waals surface area (Å²) in [5, 5.41) is 6.74. The molecule has 26 heavy (non-hydrogen) atoms. The lowest BCUT2D eigenvalue weighted by Crippen LogP contribution is -2.27. The molecule has 2 aromatic heterocycles. The molecule has 1 aliphatic heterocycles. The van der Waals surface area contributed by atoms with Gasteiger partial charge in [-0.2, -0.15) is 4.98 Å². The van der Waals surface area contributed by atoms with Crippen molar-refractivity contribution in [2.45, 2.75) is 51.2 Å². The largest absolute Gasteiger partial charge is 0.478 e. The minimum absolute atomic E-state index is 0.0162. The van der Waals surface area contributed by atoms with E-state index in [1.54, 1.807) is 0 Å². The second kappa shape index (κ2) is 7.41. The first kappa shape index (κ1) is 17.0. The number of rotatable bonds is 7. The van der Waals surface area contributed by atoms with E-state index in [1.165, 1.54) is 0 Å². The van der Waals surface area contributed by atoms with Crippen molar-refractivity contribution in [2.24, 2.45) is 0 Å². The molecule has 3 heterocycles. The van der Waals surface area contributed by atoms with Gasteiger partial charge in [-0.05, 0) is 45.2 Å². The molecule has 1 amide bonds. The van der Waals surface area contributed by atoms with Crippen molar-refractivity contribution in [1.29, 1.82) is 0 Å². The SMILES string of the molecule is CCOc1cccc(CN2CCC[C@@H]2c2nc(C(=O)NC3CC3)no2)n1. The quantitative estimate of drug-likeness (QED) is 0.811. The van der Waals surface area contributed by atoms with Crippen LogP contribution in [0.2, 0.25) is 0 Å². The summed E-state index contributed by atoms with van der Waals surface area (Å²) in [5.41, 5.74) is 0.939. The van der Waals surface area contributed by atoms with Gasteiger partial charge in [-0.1, -0.05) is 11.2 Å². The molecule has 0 unspecified atom stereocenters. The maximum absolute atomic E-state index is 12.1. The van der Waals surface area contributed by atoms with Gasteiger partial charge in [-0.25, -0.2) is 4.98 Å². The first-order valence-corrected chi connectivity index (χ1v) is 9.20. The molecule has 0 aromatic carbocycles. The van der Waals surface area contributed by atoms with Gasteiger partial charge in [0.05, 0.1) is 18.3 Å². The molecule has 2 aliphatic rings. The predicted molar refractivity (Wildman–Crippen MR) is 92.6 cm³/mol. The van der Waals surface area contributed by atoms with E-state index in [4.69, 9.17) is 9.26 Å². The van der Waals surface area contributed by atoms with Crippen LogP contribution in [0.4, 0.5) is 0 Å². The number of pyridine rings is 1. The van der Waals surface area contributed by atoms with Crippen LogP contribution < -0.4 is 10.1 Å². The number of nitrogens with zero attached hydrogens (tertiary/aromatic N) is 4. The van der Waals surface area contributed by atoms with Gasteiger partial charge in [0.1, 0.15) is 0 Å². The summed E-state index contributed by atoms with van der Waals surface area (Å²) in [4.78, 5) is 23.2. The highest BCUT2D eigenvalue weighted by Crippen LogP contribution is 2.32. The molecule has 8 heteroatoms. The van der Waals surface area contributed by atoms with Crippen LogP contribution in [0, 0.1) is 0 Å². The van der Waals surface area contributed by atoms with E-state index >= 15 is 0 Å². The van der Waals surface area contributed by atoms with Crippen molar-refractivity contribution in [2.75, 3.05) is 13.2 Å². The molecule has 2 fully saturated rings. The number of ether oxygens (including phenoxy) is 1. The highest BCUT2D eigenvalue weighted by Gasteiger charge is 2.32. The van der Waals surface area contributed by atoms with E-state index in [-0.39, 0.29) is 23.8 Å². The molecular weight excluding hydrogens is 334 g/mol. The maximum atomic E-state index is 12.1. The molecule has 138 valence electrons. The molecule has 1 N–H and O–H groups in total. The molecule has 1 saturated carbocycles. The number of carbonyl (C=O) groups is 1. The number of hydrogen-bond donors (Lipinski definition) is 1. The molecule has 0 bridgehead atoms. The topological polar surface area (TPSA) is 93.4 Å². The summed E-state index contributed by atoms with van der Waals surface area (Å²) in [6.07, 6.45) is 4.03. The Kier molecular flexibility index (Phi) is 4.83. The first-order chi connectivity index (χ1) is 12.7. The lowest BCUT2D eigenvalue weighted by Gasteiger charge is -2.21. The van der Waals surface area contributed by atoms with Gasteiger partial charge in [0.2, 0.25) is 11.8 Å². The minimum Gasteiger partial charge on any atom is -0.478 e. The zero-order chi connectivity index (χ0) is 17.9. The average Bonchev–Trinajstić information content (AvgIpc) is 3.12. The summed E-state index contributed by atoms with van der Waals surface area (Å²) in [6, 6.07) is 6.08. The number of hydrogen-bond acceptors (Lipinski definition) is 7. The number of nitrogens with one attached hydrogen (secondary N) is 1. The fraction of sp³-hybridized carbons (Fsp3) is 0.556. The van der Waals surface area contributed by atoms with Crippen molar-refractivity contribution >= 4 is 5.91 Å². The number of carbonyl (C=O) groups excluding carboxylic acids is 1. The molecule has 1 atom stereocenters. The summed E-state index contributed by atoms with van der Waals surface area (Å²) in [7, 11) is 0. The molecular formula is C18H23N5O3. The Hall–Kier alpha value is -2.48. The fourth-order valence-corrected chi connectivity index (χ4v) is 3.22. The van der Waals surface area contributed by atoms with Crippen LogP contribution in [0.1, 0.15) is 60.9 Å². The standard InChI is InChI=1S/C18H23N5O3/c1-2-25-15-7-3-5-13(19-15)11-23-10-4-6-14(23)18-21-16(22-26-18)17(24)20-12-8-9-12/h3,5,7,12,14H,2,4,6,8-11H2,1H3,(H,20,24)/t14-/m1/s1. The van der Waals surface area contributed by atoms with E-state index in [0.717, 1.165) is 37.9 Å². The van der Waals surface area contributed by atoms with Gasteiger partial charge in [0.25, 0.3) is 11.7 Å². The van der Waals surface area contributed by atoms with E-state index in [1.807, 2.05) is 25.1 Å². The van der Waals surface area contributed by atoms with Gasteiger partial charge in [0, 0.05) is 18.7 Å². The summed E-state index contributed by atoms with van der Waals surface area (Å²) >= 11 is 0. The van der Waals surface area contributed by atoms with Crippen molar-refractivity contribution < 1.29 is 14.1 Å². The Morgan fingerprint density at radius 2 is 2.23 bits per heavy atom. The van der Waals surface area contributed by atoms with Crippen LogP contribution in [-0.4, -0.2) is 45.1 Å². The van der Waals surface area contributed by atoms with Crippen molar-refractivity contribution in [3.05, 3.63) is 35.6 Å². The highest BCUT2D eigenvalue weighted by molar-refractivity contribution is 5.90. The van der Waals surface area contributed by atoms with Crippen molar-refractivity contribution in [3.8, 4) is 5.88 Å². The monoisotopic (exact) mass is 357 g/mol. The van der Waals surface area contributed by atoms with Gasteiger partial charge in [-0.3, -0.25) is 9.69 Å². The smallest absolute Gasteiger partial charge is 0.292 e. The van der Waals surface area contributed by atoms with Crippen LogP contribution >= 0.6 is 0 Å². The molecule has 2 aromatic rings.